The zero-order valence-corrected chi connectivity index (χ0v) is 26.4. The second-order valence-corrected chi connectivity index (χ2v) is 12.0. The summed E-state index contributed by atoms with van der Waals surface area (Å²) in [5.74, 6) is -0.381. The SMILES string of the molecule is CCCC1(CCC)c2cc(C(=O)c3c(C)cc(C)cc3C)ccc2-c2ccc(/C(=N\OC(C)=O)c3ccccc3C)cc21. The zero-order chi connectivity index (χ0) is 30.9. The molecule has 0 amide bonds. The van der Waals surface area contributed by atoms with Crippen LogP contribution in [-0.2, 0) is 15.0 Å². The Kier molecular flexibility index (Phi) is 8.50. The Hall–Kier alpha value is -4.31. The van der Waals surface area contributed by atoms with Gasteiger partial charge in [-0.1, -0.05) is 98.1 Å². The van der Waals surface area contributed by atoms with Gasteiger partial charge in [0.05, 0.1) is 0 Å². The Labute approximate surface area is 255 Å². The van der Waals surface area contributed by atoms with Gasteiger partial charge in [-0.3, -0.25) is 4.79 Å². The molecule has 0 radical (unpaired) electrons. The maximum Gasteiger partial charge on any atom is 0.332 e. The second kappa shape index (κ2) is 12.1. The molecule has 0 saturated heterocycles. The minimum atomic E-state index is -0.456. The third-order valence-corrected chi connectivity index (χ3v) is 8.82. The number of oxime groups is 1. The van der Waals surface area contributed by atoms with Crippen molar-refractivity contribution in [3.05, 3.63) is 128 Å². The van der Waals surface area contributed by atoms with Crippen molar-refractivity contribution >= 4 is 17.5 Å². The van der Waals surface area contributed by atoms with Crippen molar-refractivity contribution in [3.8, 4) is 11.1 Å². The van der Waals surface area contributed by atoms with E-state index < -0.39 is 5.97 Å². The average molecular weight is 572 g/mol. The van der Waals surface area contributed by atoms with E-state index in [1.54, 1.807) is 0 Å². The molecule has 43 heavy (non-hydrogen) atoms. The van der Waals surface area contributed by atoms with Crippen LogP contribution in [0.15, 0.2) is 78.0 Å². The molecule has 0 aliphatic heterocycles. The monoisotopic (exact) mass is 571 g/mol. The van der Waals surface area contributed by atoms with E-state index in [1.807, 2.05) is 51.1 Å². The topological polar surface area (TPSA) is 55.7 Å². The molecule has 220 valence electrons. The predicted molar refractivity (Wildman–Crippen MR) is 175 cm³/mol. The van der Waals surface area contributed by atoms with Gasteiger partial charge in [0.1, 0.15) is 5.71 Å². The van der Waals surface area contributed by atoms with Crippen LogP contribution in [0, 0.1) is 27.7 Å². The Balaban J connectivity index is 1.69. The number of aryl methyl sites for hydroxylation is 4. The highest BCUT2D eigenvalue weighted by molar-refractivity contribution is 6.14. The summed E-state index contributed by atoms with van der Waals surface area (Å²) in [7, 11) is 0. The molecule has 4 heteroatoms. The van der Waals surface area contributed by atoms with Crippen LogP contribution >= 0.6 is 0 Å². The van der Waals surface area contributed by atoms with E-state index in [9.17, 15) is 9.59 Å². The lowest BCUT2D eigenvalue weighted by Gasteiger charge is -2.32. The Bertz CT molecular complexity index is 1730. The minimum Gasteiger partial charge on any atom is -0.318 e. The molecule has 4 nitrogen and oxygen atoms in total. The number of hydrogen-bond donors (Lipinski definition) is 0. The van der Waals surface area contributed by atoms with E-state index in [0.29, 0.717) is 5.71 Å². The normalized spacial score (nSPS) is 13.4. The van der Waals surface area contributed by atoms with Crippen molar-refractivity contribution in [1.29, 1.82) is 0 Å². The molecule has 1 aliphatic rings. The smallest absolute Gasteiger partial charge is 0.318 e. The van der Waals surface area contributed by atoms with Gasteiger partial charge < -0.3 is 4.84 Å². The molecule has 1 aliphatic carbocycles. The molecule has 4 aromatic rings. The van der Waals surface area contributed by atoms with E-state index in [-0.39, 0.29) is 11.2 Å². The van der Waals surface area contributed by atoms with Crippen LogP contribution in [0.25, 0.3) is 11.1 Å². The van der Waals surface area contributed by atoms with Gasteiger partial charge in [0.2, 0.25) is 0 Å². The fourth-order valence-corrected chi connectivity index (χ4v) is 7.19. The molecular weight excluding hydrogens is 530 g/mol. The minimum absolute atomic E-state index is 0.0756. The number of hydrogen-bond acceptors (Lipinski definition) is 4. The van der Waals surface area contributed by atoms with E-state index in [4.69, 9.17) is 4.84 Å². The average Bonchev–Trinajstić information content (AvgIpc) is 3.22. The fraction of sp³-hybridized carbons (Fsp3) is 0.308. The van der Waals surface area contributed by atoms with Crippen LogP contribution in [0.4, 0.5) is 0 Å². The predicted octanol–water partition coefficient (Wildman–Crippen LogP) is 9.33. The number of carbonyl (C=O) groups is 2. The lowest BCUT2D eigenvalue weighted by atomic mass is 9.70. The highest BCUT2D eigenvalue weighted by Gasteiger charge is 2.42. The number of ketones is 1. The second-order valence-electron chi connectivity index (χ2n) is 12.0. The van der Waals surface area contributed by atoms with E-state index in [2.05, 4.69) is 68.4 Å². The molecular formula is C39H41NO3. The molecule has 0 unspecified atom stereocenters. The molecule has 0 aromatic heterocycles. The van der Waals surface area contributed by atoms with Gasteiger partial charge in [0, 0.05) is 34.6 Å². The number of benzene rings is 4. The van der Waals surface area contributed by atoms with Gasteiger partial charge in [0.15, 0.2) is 5.78 Å². The summed E-state index contributed by atoms with van der Waals surface area (Å²) in [6, 6.07) is 25.0. The summed E-state index contributed by atoms with van der Waals surface area (Å²) in [6.45, 7) is 14.0. The molecule has 0 fully saturated rings. The largest absolute Gasteiger partial charge is 0.332 e. The lowest BCUT2D eigenvalue weighted by Crippen LogP contribution is -2.26. The van der Waals surface area contributed by atoms with Crippen molar-refractivity contribution < 1.29 is 14.4 Å². The first kappa shape index (κ1) is 30.2. The molecule has 0 heterocycles. The lowest BCUT2D eigenvalue weighted by molar-refractivity contribution is -0.140. The summed E-state index contributed by atoms with van der Waals surface area (Å²) >= 11 is 0. The van der Waals surface area contributed by atoms with Crippen LogP contribution < -0.4 is 0 Å². The molecule has 4 aromatic carbocycles. The third kappa shape index (κ3) is 5.47. The van der Waals surface area contributed by atoms with E-state index >= 15 is 0 Å². The van der Waals surface area contributed by atoms with Crippen molar-refractivity contribution in [2.75, 3.05) is 0 Å². The third-order valence-electron chi connectivity index (χ3n) is 8.82. The molecule has 0 spiro atoms. The number of nitrogens with zero attached hydrogens (tertiary/aromatic N) is 1. The van der Waals surface area contributed by atoms with Gasteiger partial charge in [0.25, 0.3) is 0 Å². The maximum atomic E-state index is 14.0. The standard InChI is InChI=1S/C39H41NO3/c1-8-18-39(19-9-2)34-22-29(37(40-43-28(7)41)31-13-11-10-12-25(31)4)14-16-32(34)33-17-15-30(23-35(33)39)38(42)36-26(5)20-24(3)21-27(36)6/h10-17,20-23H,8-9,18-19H2,1-7H3/b40-37+. The quantitative estimate of drug-likeness (QED) is 0.0870. The van der Waals surface area contributed by atoms with Crippen LogP contribution in [0.5, 0.6) is 0 Å². The summed E-state index contributed by atoms with van der Waals surface area (Å²) in [6.07, 6.45) is 3.93. The van der Waals surface area contributed by atoms with Crippen LogP contribution in [-0.4, -0.2) is 17.5 Å². The highest BCUT2D eigenvalue weighted by Crippen LogP contribution is 2.54. The fourth-order valence-electron chi connectivity index (χ4n) is 7.19. The van der Waals surface area contributed by atoms with Crippen LogP contribution in [0.2, 0.25) is 0 Å². The Morgan fingerprint density at radius 3 is 1.84 bits per heavy atom. The van der Waals surface area contributed by atoms with Crippen LogP contribution in [0.3, 0.4) is 0 Å². The molecule has 0 saturated carbocycles. The summed E-state index contributed by atoms with van der Waals surface area (Å²) in [5, 5.41) is 4.35. The van der Waals surface area contributed by atoms with Gasteiger partial charge >= 0.3 is 5.97 Å². The summed E-state index contributed by atoms with van der Waals surface area (Å²) < 4.78 is 0. The van der Waals surface area contributed by atoms with Gasteiger partial charge in [-0.2, -0.15) is 0 Å². The summed E-state index contributed by atoms with van der Waals surface area (Å²) in [4.78, 5) is 31.0. The highest BCUT2D eigenvalue weighted by atomic mass is 16.7. The zero-order valence-electron chi connectivity index (χ0n) is 26.4. The number of rotatable bonds is 9. The first-order chi connectivity index (χ1) is 20.6. The summed E-state index contributed by atoms with van der Waals surface area (Å²) in [5.41, 5.74) is 12.9. The molecule has 0 atom stereocenters. The number of carbonyl (C=O) groups excluding carboxylic acids is 2. The van der Waals surface area contributed by atoms with Crippen molar-refractivity contribution in [2.24, 2.45) is 5.16 Å². The van der Waals surface area contributed by atoms with Crippen molar-refractivity contribution in [1.82, 2.24) is 0 Å². The van der Waals surface area contributed by atoms with Gasteiger partial charge in [-0.05, 0) is 91.6 Å². The first-order valence-electron chi connectivity index (χ1n) is 15.3. The Morgan fingerprint density at radius 2 is 1.28 bits per heavy atom. The van der Waals surface area contributed by atoms with Gasteiger partial charge in [-0.25, -0.2) is 4.79 Å². The molecule has 5 rings (SSSR count). The molecule has 0 bridgehead atoms. The van der Waals surface area contributed by atoms with E-state index in [0.717, 1.165) is 64.6 Å². The van der Waals surface area contributed by atoms with Gasteiger partial charge in [-0.15, -0.1) is 0 Å². The Morgan fingerprint density at radius 1 is 0.721 bits per heavy atom. The van der Waals surface area contributed by atoms with E-state index in [1.165, 1.54) is 34.7 Å². The van der Waals surface area contributed by atoms with Crippen molar-refractivity contribution in [2.45, 2.75) is 79.6 Å². The van der Waals surface area contributed by atoms with Crippen LogP contribution in [0.1, 0.15) is 107 Å². The maximum absolute atomic E-state index is 14.0. The number of fused-ring (bicyclic) bond motifs is 3. The first-order valence-corrected chi connectivity index (χ1v) is 15.3. The molecule has 0 N–H and O–H groups in total. The van der Waals surface area contributed by atoms with Crippen molar-refractivity contribution in [3.63, 3.8) is 0 Å².